The molecule has 0 radical (unpaired) electrons. The number of carbonyl (C=O) groups is 2. The quantitative estimate of drug-likeness (QED) is 0.536. The zero-order valence-electron chi connectivity index (χ0n) is 20.9. The summed E-state index contributed by atoms with van der Waals surface area (Å²) in [6.07, 6.45) is 9.94. The number of hydrogen-bond acceptors (Lipinski definition) is 6. The lowest BCUT2D eigenvalue weighted by Gasteiger charge is -2.38. The molecule has 0 amide bonds. The Balaban J connectivity index is 0.000000480. The molecule has 10 nitrogen and oxygen atoms in total. The van der Waals surface area contributed by atoms with Gasteiger partial charge in [0, 0.05) is 43.7 Å². The highest BCUT2D eigenvalue weighted by molar-refractivity contribution is 6.27. The second kappa shape index (κ2) is 12.5. The number of aryl methyl sites for hydroxylation is 2. The summed E-state index contributed by atoms with van der Waals surface area (Å²) < 4.78 is 23.5. The molecule has 1 aromatic carbocycles. The Labute approximate surface area is 214 Å². The van der Waals surface area contributed by atoms with Gasteiger partial charge in [-0.1, -0.05) is 24.6 Å². The summed E-state index contributed by atoms with van der Waals surface area (Å²) in [5.41, 5.74) is 0.710. The van der Waals surface area contributed by atoms with Crippen molar-refractivity contribution in [2.45, 2.75) is 95.7 Å². The van der Waals surface area contributed by atoms with Crippen LogP contribution in [0.25, 0.3) is 0 Å². The minimum Gasteiger partial charge on any atom is -0.473 e. The second-order valence-electron chi connectivity index (χ2n) is 9.97. The molecule has 202 valence electrons. The zero-order chi connectivity index (χ0) is 26.4. The third-order valence-corrected chi connectivity index (χ3v) is 7.52. The first-order valence-corrected chi connectivity index (χ1v) is 13.1. The number of rotatable bonds is 7. The molecule has 3 aliphatic heterocycles. The van der Waals surface area contributed by atoms with Gasteiger partial charge in [0.2, 0.25) is 0 Å². The van der Waals surface area contributed by atoms with E-state index in [-0.39, 0.29) is 17.6 Å². The van der Waals surface area contributed by atoms with Crippen LogP contribution in [0.5, 0.6) is 0 Å². The van der Waals surface area contributed by atoms with Gasteiger partial charge in [0.25, 0.3) is 0 Å². The molecule has 4 heterocycles. The number of nitrogens with zero attached hydrogens (tertiary/aromatic N) is 4. The maximum absolute atomic E-state index is 13.9. The average molecular weight is 519 g/mol. The lowest BCUT2D eigenvalue weighted by atomic mass is 9.99. The number of ether oxygens (including phenoxy) is 1. The van der Waals surface area contributed by atoms with Gasteiger partial charge in [-0.3, -0.25) is 9.47 Å². The van der Waals surface area contributed by atoms with E-state index in [0.29, 0.717) is 30.8 Å². The molecule has 2 bridgehead atoms. The third kappa shape index (κ3) is 6.84. The fourth-order valence-electron chi connectivity index (χ4n) is 5.72. The highest BCUT2D eigenvalue weighted by Gasteiger charge is 2.40. The fourth-order valence-corrected chi connectivity index (χ4v) is 5.72. The average Bonchev–Trinajstić information content (AvgIpc) is 3.17. The van der Waals surface area contributed by atoms with E-state index in [1.165, 1.54) is 25.3 Å². The van der Waals surface area contributed by atoms with Crippen molar-refractivity contribution in [1.29, 1.82) is 0 Å². The van der Waals surface area contributed by atoms with Gasteiger partial charge >= 0.3 is 17.6 Å². The second-order valence-corrected chi connectivity index (χ2v) is 9.97. The topological polar surface area (TPSA) is 127 Å². The van der Waals surface area contributed by atoms with Crippen LogP contribution < -0.4 is 5.69 Å². The Morgan fingerprint density at radius 1 is 1.03 bits per heavy atom. The van der Waals surface area contributed by atoms with Crippen LogP contribution in [-0.4, -0.2) is 66.1 Å². The van der Waals surface area contributed by atoms with E-state index < -0.39 is 11.9 Å². The maximum Gasteiger partial charge on any atom is 0.414 e. The molecule has 0 aliphatic carbocycles. The Morgan fingerprint density at radius 2 is 1.73 bits per heavy atom. The van der Waals surface area contributed by atoms with Crippen molar-refractivity contribution in [2.75, 3.05) is 6.54 Å². The molecular formula is C26H35FN4O6. The van der Waals surface area contributed by atoms with E-state index >= 15 is 0 Å². The van der Waals surface area contributed by atoms with Crippen molar-refractivity contribution in [2.24, 2.45) is 0 Å². The SMILES string of the molecule is O=C(O)C(=O)O.O=c1n(CCCN2C3CCC2CC(OCc2ccccc2F)C3)nc2n1CCCCC2. The van der Waals surface area contributed by atoms with Crippen LogP contribution in [-0.2, 0) is 40.4 Å². The molecule has 0 spiro atoms. The van der Waals surface area contributed by atoms with E-state index in [2.05, 4.69) is 10.00 Å². The van der Waals surface area contributed by atoms with Gasteiger partial charge in [0.15, 0.2) is 0 Å². The first-order valence-electron chi connectivity index (χ1n) is 13.1. The molecule has 2 saturated heterocycles. The Kier molecular flexibility index (Phi) is 9.09. The Bertz CT molecular complexity index is 1120. The largest absolute Gasteiger partial charge is 0.473 e. The molecule has 2 fully saturated rings. The molecule has 11 heteroatoms. The third-order valence-electron chi connectivity index (χ3n) is 7.52. The number of aromatic nitrogens is 3. The first kappa shape index (κ1) is 27.0. The zero-order valence-corrected chi connectivity index (χ0v) is 20.9. The minimum absolute atomic E-state index is 0.0696. The van der Waals surface area contributed by atoms with Crippen LogP contribution in [0, 0.1) is 5.82 Å². The van der Waals surface area contributed by atoms with Crippen LogP contribution in [0.4, 0.5) is 4.39 Å². The van der Waals surface area contributed by atoms with Crippen LogP contribution in [0.3, 0.4) is 0 Å². The highest BCUT2D eigenvalue weighted by atomic mass is 19.1. The molecule has 0 saturated carbocycles. The summed E-state index contributed by atoms with van der Waals surface area (Å²) in [6.45, 7) is 2.87. The predicted octanol–water partition coefficient (Wildman–Crippen LogP) is 2.67. The van der Waals surface area contributed by atoms with Gasteiger partial charge in [-0.15, -0.1) is 0 Å². The van der Waals surface area contributed by atoms with Crippen LogP contribution >= 0.6 is 0 Å². The number of aliphatic carboxylic acids is 2. The van der Waals surface area contributed by atoms with Gasteiger partial charge in [-0.2, -0.15) is 5.10 Å². The number of halogens is 1. The number of carboxylic acids is 2. The van der Waals surface area contributed by atoms with Crippen molar-refractivity contribution in [3.63, 3.8) is 0 Å². The summed E-state index contributed by atoms with van der Waals surface area (Å²) in [4.78, 5) is 33.5. The van der Waals surface area contributed by atoms with E-state index in [4.69, 9.17) is 24.5 Å². The summed E-state index contributed by atoms with van der Waals surface area (Å²) in [6, 6.07) is 7.95. The van der Waals surface area contributed by atoms with E-state index in [0.717, 1.165) is 57.4 Å². The molecule has 1 aromatic heterocycles. The van der Waals surface area contributed by atoms with Crippen LogP contribution in [0.15, 0.2) is 29.1 Å². The van der Waals surface area contributed by atoms with Crippen LogP contribution in [0.2, 0.25) is 0 Å². The van der Waals surface area contributed by atoms with E-state index in [9.17, 15) is 9.18 Å². The summed E-state index contributed by atoms with van der Waals surface area (Å²) >= 11 is 0. The smallest absolute Gasteiger partial charge is 0.414 e. The number of hydrogen-bond donors (Lipinski definition) is 2. The van der Waals surface area contributed by atoms with Crippen LogP contribution in [0.1, 0.15) is 62.8 Å². The minimum atomic E-state index is -1.82. The van der Waals surface area contributed by atoms with Gasteiger partial charge in [-0.05, 0) is 51.0 Å². The van der Waals surface area contributed by atoms with Gasteiger partial charge < -0.3 is 14.9 Å². The summed E-state index contributed by atoms with van der Waals surface area (Å²) in [5, 5.41) is 19.4. The normalized spacial score (nSPS) is 23.0. The maximum atomic E-state index is 13.9. The molecule has 2 N–H and O–H groups in total. The van der Waals surface area contributed by atoms with Crippen molar-refractivity contribution in [3.8, 4) is 0 Å². The van der Waals surface area contributed by atoms with Crippen molar-refractivity contribution in [1.82, 2.24) is 19.2 Å². The number of fused-ring (bicyclic) bond motifs is 3. The van der Waals surface area contributed by atoms with E-state index in [1.54, 1.807) is 16.8 Å². The number of benzene rings is 1. The predicted molar refractivity (Wildman–Crippen MR) is 132 cm³/mol. The van der Waals surface area contributed by atoms with Gasteiger partial charge in [-0.25, -0.2) is 23.5 Å². The lowest BCUT2D eigenvalue weighted by Crippen LogP contribution is -2.46. The monoisotopic (exact) mass is 518 g/mol. The van der Waals surface area contributed by atoms with E-state index in [1.807, 2.05) is 10.6 Å². The molecule has 5 rings (SSSR count). The molecule has 2 aromatic rings. The van der Waals surface area contributed by atoms with Gasteiger partial charge in [0.1, 0.15) is 11.6 Å². The molecule has 2 atom stereocenters. The van der Waals surface area contributed by atoms with Crippen molar-refractivity contribution >= 4 is 11.9 Å². The molecular weight excluding hydrogens is 483 g/mol. The fraction of sp³-hybridized carbons (Fsp3) is 0.615. The lowest BCUT2D eigenvalue weighted by molar-refractivity contribution is -0.159. The molecule has 3 aliphatic rings. The Morgan fingerprint density at radius 3 is 2.41 bits per heavy atom. The highest BCUT2D eigenvalue weighted by Crippen LogP contribution is 2.37. The summed E-state index contributed by atoms with van der Waals surface area (Å²) in [7, 11) is 0. The standard InChI is InChI=1S/C24H33FN4O2.C2H2O4/c25-22-8-4-3-7-18(22)17-31-21-15-19-10-11-20(16-21)27(19)13-6-14-29-24(30)28-12-5-1-2-9-23(28)26-29;3-1(4)2(5)6/h3-4,7-8,19-21H,1-2,5-6,9-17H2;(H,3,4)(H,5,6). The number of carboxylic acid groups (broad SMARTS) is 2. The van der Waals surface area contributed by atoms with Crippen molar-refractivity contribution < 1.29 is 28.9 Å². The van der Waals surface area contributed by atoms with Crippen molar-refractivity contribution in [3.05, 3.63) is 52.0 Å². The Hall–Kier alpha value is -3.05. The number of piperidine rings is 1. The molecule has 2 unspecified atom stereocenters. The molecule has 37 heavy (non-hydrogen) atoms. The van der Waals surface area contributed by atoms with Gasteiger partial charge in [0.05, 0.1) is 12.7 Å². The first-order chi connectivity index (χ1) is 17.8. The summed E-state index contributed by atoms with van der Waals surface area (Å²) in [5.74, 6) is -2.87.